The summed E-state index contributed by atoms with van der Waals surface area (Å²) in [7, 11) is 0. The first kappa shape index (κ1) is 17.3. The summed E-state index contributed by atoms with van der Waals surface area (Å²) in [6.07, 6.45) is 1.18. The highest BCUT2D eigenvalue weighted by molar-refractivity contribution is 5.99. The second kappa shape index (κ2) is 6.91. The first-order valence-corrected chi connectivity index (χ1v) is 8.99. The maximum absolute atomic E-state index is 13.1. The quantitative estimate of drug-likeness (QED) is 0.722. The molecular weight excluding hydrogens is 341 g/mol. The van der Waals surface area contributed by atoms with Crippen molar-refractivity contribution >= 4 is 17.4 Å². The van der Waals surface area contributed by atoms with E-state index in [4.69, 9.17) is 0 Å². The zero-order valence-electron chi connectivity index (χ0n) is 15.3. The van der Waals surface area contributed by atoms with Gasteiger partial charge in [-0.3, -0.25) is 4.79 Å². The second-order valence-electron chi connectivity index (χ2n) is 7.03. The molecule has 2 aromatic carbocycles. The highest BCUT2D eigenvalue weighted by Crippen LogP contribution is 2.33. The van der Waals surface area contributed by atoms with Crippen molar-refractivity contribution in [3.8, 4) is 0 Å². The molecule has 1 heterocycles. The van der Waals surface area contributed by atoms with Crippen molar-refractivity contribution < 1.29 is 9.18 Å². The van der Waals surface area contributed by atoms with E-state index >= 15 is 0 Å². The minimum absolute atomic E-state index is 0.0904. The van der Waals surface area contributed by atoms with E-state index in [1.165, 1.54) is 17.7 Å². The van der Waals surface area contributed by atoms with Crippen molar-refractivity contribution in [1.29, 1.82) is 0 Å². The van der Waals surface area contributed by atoms with Crippen molar-refractivity contribution in [2.45, 2.75) is 32.6 Å². The standard InChI is InChI=1S/C22H20FN3O/c1-13-3-5-15(6-4-13)16-11-19-21(20(27)12-16)14(2)24-22(26-19)25-18-9-7-17(23)8-10-18/h3-10,16H,11-12H2,1-2H3,(H,24,25,26). The van der Waals surface area contributed by atoms with Gasteiger partial charge in [0.05, 0.1) is 17.0 Å². The molecule has 4 nitrogen and oxygen atoms in total. The van der Waals surface area contributed by atoms with E-state index in [1.54, 1.807) is 12.1 Å². The largest absolute Gasteiger partial charge is 0.324 e. The maximum Gasteiger partial charge on any atom is 0.227 e. The molecule has 4 rings (SSSR count). The summed E-state index contributed by atoms with van der Waals surface area (Å²) in [6.45, 7) is 3.88. The Labute approximate surface area is 157 Å². The van der Waals surface area contributed by atoms with Gasteiger partial charge in [-0.15, -0.1) is 0 Å². The average molecular weight is 361 g/mol. The lowest BCUT2D eigenvalue weighted by molar-refractivity contribution is 0.0962. The van der Waals surface area contributed by atoms with Crippen LogP contribution in [0.4, 0.5) is 16.0 Å². The zero-order valence-corrected chi connectivity index (χ0v) is 15.3. The molecule has 0 aliphatic heterocycles. The second-order valence-corrected chi connectivity index (χ2v) is 7.03. The minimum atomic E-state index is -0.297. The number of aromatic nitrogens is 2. The van der Waals surface area contributed by atoms with Gasteiger partial charge >= 0.3 is 0 Å². The van der Waals surface area contributed by atoms with Gasteiger partial charge < -0.3 is 5.32 Å². The third kappa shape index (κ3) is 3.58. The van der Waals surface area contributed by atoms with Crippen LogP contribution >= 0.6 is 0 Å². The number of carbonyl (C=O) groups excluding carboxylic acids is 1. The Hall–Kier alpha value is -3.08. The van der Waals surface area contributed by atoms with Gasteiger partial charge in [0.2, 0.25) is 5.95 Å². The van der Waals surface area contributed by atoms with Crippen molar-refractivity contribution in [2.24, 2.45) is 0 Å². The highest BCUT2D eigenvalue weighted by Gasteiger charge is 2.29. The summed E-state index contributed by atoms with van der Waals surface area (Å²) in [5.74, 6) is 0.344. The van der Waals surface area contributed by atoms with E-state index in [9.17, 15) is 9.18 Å². The molecule has 1 aliphatic carbocycles. The lowest BCUT2D eigenvalue weighted by atomic mass is 9.81. The molecule has 0 saturated carbocycles. The fraction of sp³-hybridized carbons (Fsp3) is 0.227. The van der Waals surface area contributed by atoms with Gasteiger partial charge in [0, 0.05) is 12.1 Å². The fourth-order valence-corrected chi connectivity index (χ4v) is 3.57. The predicted molar refractivity (Wildman–Crippen MR) is 103 cm³/mol. The van der Waals surface area contributed by atoms with E-state index in [0.29, 0.717) is 35.7 Å². The van der Waals surface area contributed by atoms with E-state index in [1.807, 2.05) is 6.92 Å². The molecular formula is C22H20FN3O. The topological polar surface area (TPSA) is 54.9 Å². The van der Waals surface area contributed by atoms with Crippen LogP contribution in [0, 0.1) is 19.7 Å². The minimum Gasteiger partial charge on any atom is -0.324 e. The number of fused-ring (bicyclic) bond motifs is 1. The Kier molecular flexibility index (Phi) is 4.44. The smallest absolute Gasteiger partial charge is 0.227 e. The number of ketones is 1. The molecule has 3 aromatic rings. The Morgan fingerprint density at radius 2 is 1.67 bits per heavy atom. The first-order chi connectivity index (χ1) is 13.0. The van der Waals surface area contributed by atoms with Gasteiger partial charge in [0.25, 0.3) is 0 Å². The number of halogens is 1. The molecule has 0 amide bonds. The van der Waals surface area contributed by atoms with Crippen LogP contribution in [0.2, 0.25) is 0 Å². The Morgan fingerprint density at radius 3 is 2.37 bits per heavy atom. The summed E-state index contributed by atoms with van der Waals surface area (Å²) in [4.78, 5) is 21.7. The number of benzene rings is 2. The van der Waals surface area contributed by atoms with Gasteiger partial charge in [-0.25, -0.2) is 14.4 Å². The summed E-state index contributed by atoms with van der Waals surface area (Å²) < 4.78 is 13.1. The Bertz CT molecular complexity index is 997. The third-order valence-electron chi connectivity index (χ3n) is 4.96. The number of nitrogens with one attached hydrogen (secondary N) is 1. The van der Waals surface area contributed by atoms with Gasteiger partial charge in [0.1, 0.15) is 5.82 Å². The highest BCUT2D eigenvalue weighted by atomic mass is 19.1. The molecule has 136 valence electrons. The Balaban J connectivity index is 1.65. The van der Waals surface area contributed by atoms with E-state index in [0.717, 1.165) is 11.3 Å². The number of aryl methyl sites for hydroxylation is 2. The van der Waals surface area contributed by atoms with E-state index in [2.05, 4.69) is 46.5 Å². The van der Waals surface area contributed by atoms with Gasteiger partial charge in [-0.2, -0.15) is 0 Å². The number of hydrogen-bond donors (Lipinski definition) is 1. The number of Topliss-reactive ketones (excluding diaryl/α,β-unsaturated/α-hetero) is 1. The SMILES string of the molecule is Cc1ccc(C2CC(=O)c3c(C)nc(Nc4ccc(F)cc4)nc3C2)cc1. The lowest BCUT2D eigenvalue weighted by Crippen LogP contribution is -2.22. The number of hydrogen-bond acceptors (Lipinski definition) is 4. The molecule has 5 heteroatoms. The van der Waals surface area contributed by atoms with Crippen LogP contribution in [0.15, 0.2) is 48.5 Å². The number of carbonyl (C=O) groups is 1. The molecule has 1 aliphatic rings. The van der Waals surface area contributed by atoms with Gasteiger partial charge in [0.15, 0.2) is 5.78 Å². The summed E-state index contributed by atoms with van der Waals surface area (Å²) >= 11 is 0. The molecule has 27 heavy (non-hydrogen) atoms. The molecule has 0 radical (unpaired) electrons. The summed E-state index contributed by atoms with van der Waals surface area (Å²) in [5.41, 5.74) is 5.15. The number of nitrogens with zero attached hydrogens (tertiary/aromatic N) is 2. The van der Waals surface area contributed by atoms with Crippen LogP contribution in [0.3, 0.4) is 0 Å². The molecule has 1 aromatic heterocycles. The summed E-state index contributed by atoms with van der Waals surface area (Å²) in [6, 6.07) is 14.3. The molecule has 1 atom stereocenters. The van der Waals surface area contributed by atoms with Crippen LogP contribution in [0.1, 0.15) is 45.2 Å². The third-order valence-corrected chi connectivity index (χ3v) is 4.96. The summed E-state index contributed by atoms with van der Waals surface area (Å²) in [5, 5.41) is 3.10. The van der Waals surface area contributed by atoms with E-state index in [-0.39, 0.29) is 17.5 Å². The average Bonchev–Trinajstić information content (AvgIpc) is 2.63. The van der Waals surface area contributed by atoms with Crippen molar-refractivity contribution in [1.82, 2.24) is 9.97 Å². The zero-order chi connectivity index (χ0) is 19.0. The lowest BCUT2D eigenvalue weighted by Gasteiger charge is -2.24. The van der Waals surface area contributed by atoms with Crippen molar-refractivity contribution in [2.75, 3.05) is 5.32 Å². The van der Waals surface area contributed by atoms with E-state index < -0.39 is 0 Å². The normalized spacial score (nSPS) is 16.1. The maximum atomic E-state index is 13.1. The molecule has 1 unspecified atom stereocenters. The van der Waals surface area contributed by atoms with Gasteiger partial charge in [-0.1, -0.05) is 29.8 Å². The van der Waals surface area contributed by atoms with Crippen LogP contribution in [-0.4, -0.2) is 15.8 Å². The van der Waals surface area contributed by atoms with Crippen LogP contribution in [0.25, 0.3) is 0 Å². The Morgan fingerprint density at radius 1 is 0.963 bits per heavy atom. The number of anilines is 2. The monoisotopic (exact) mass is 361 g/mol. The number of rotatable bonds is 3. The van der Waals surface area contributed by atoms with Crippen molar-refractivity contribution in [3.63, 3.8) is 0 Å². The van der Waals surface area contributed by atoms with Gasteiger partial charge in [-0.05, 0) is 56.0 Å². The van der Waals surface area contributed by atoms with Crippen LogP contribution in [0.5, 0.6) is 0 Å². The molecule has 1 N–H and O–H groups in total. The molecule has 0 spiro atoms. The van der Waals surface area contributed by atoms with Crippen LogP contribution in [-0.2, 0) is 6.42 Å². The fourth-order valence-electron chi connectivity index (χ4n) is 3.57. The molecule has 0 saturated heterocycles. The molecule has 0 bridgehead atoms. The molecule has 0 fully saturated rings. The van der Waals surface area contributed by atoms with Crippen LogP contribution < -0.4 is 5.32 Å². The predicted octanol–water partition coefficient (Wildman–Crippen LogP) is 4.89. The first-order valence-electron chi connectivity index (χ1n) is 8.99. The van der Waals surface area contributed by atoms with Crippen molar-refractivity contribution in [3.05, 3.63) is 82.4 Å².